The topological polar surface area (TPSA) is 49.6 Å². The molecule has 1 aliphatic heterocycles. The maximum absolute atomic E-state index is 5.19. The first-order valence-electron chi connectivity index (χ1n) is 15.5. The van der Waals surface area contributed by atoms with Gasteiger partial charge in [-0.2, -0.15) is 0 Å². The standard InChI is InChI=1S/C42H30N4/c1-3-13-32(14-4-1)40-44-41(33-15-5-2-6-16-33)46-42(45-40)36-27-34(29-21-23-31(24-22-29)39-20-9-10-25-43-39)26-35(28-36)38-19-11-17-30-12-7-8-18-37(30)38/h1-28,42H,(H,44,45,46). The minimum absolute atomic E-state index is 0.343. The molecular weight excluding hydrogens is 560 g/mol. The molecule has 1 aromatic heterocycles. The maximum atomic E-state index is 5.19. The second-order valence-corrected chi connectivity index (χ2v) is 11.4. The van der Waals surface area contributed by atoms with E-state index in [1.807, 2.05) is 60.8 Å². The van der Waals surface area contributed by atoms with Crippen molar-refractivity contribution in [2.45, 2.75) is 6.17 Å². The van der Waals surface area contributed by atoms with Crippen LogP contribution >= 0.6 is 0 Å². The number of aliphatic imine (C=N–C) groups is 2. The Morgan fingerprint density at radius 2 is 1.15 bits per heavy atom. The van der Waals surface area contributed by atoms with Gasteiger partial charge in [-0.25, -0.2) is 9.98 Å². The zero-order chi connectivity index (χ0) is 30.7. The molecule has 1 N–H and O–H groups in total. The highest BCUT2D eigenvalue weighted by Gasteiger charge is 2.22. The second-order valence-electron chi connectivity index (χ2n) is 11.4. The van der Waals surface area contributed by atoms with Crippen LogP contribution in [0.5, 0.6) is 0 Å². The minimum Gasteiger partial charge on any atom is -0.344 e. The molecule has 0 saturated heterocycles. The van der Waals surface area contributed by atoms with Crippen LogP contribution in [0.2, 0.25) is 0 Å². The lowest BCUT2D eigenvalue weighted by atomic mass is 9.92. The van der Waals surface area contributed by atoms with Crippen LogP contribution in [0.1, 0.15) is 22.9 Å². The van der Waals surface area contributed by atoms with Crippen molar-refractivity contribution in [3.05, 3.63) is 187 Å². The van der Waals surface area contributed by atoms with Crippen molar-refractivity contribution in [2.24, 2.45) is 9.98 Å². The van der Waals surface area contributed by atoms with Crippen LogP contribution in [-0.4, -0.2) is 16.7 Å². The highest BCUT2D eigenvalue weighted by molar-refractivity contribution is 6.13. The van der Waals surface area contributed by atoms with Gasteiger partial charge in [0.2, 0.25) is 0 Å². The molecule has 0 spiro atoms. The van der Waals surface area contributed by atoms with Crippen LogP contribution in [0.3, 0.4) is 0 Å². The van der Waals surface area contributed by atoms with Crippen molar-refractivity contribution >= 4 is 22.4 Å². The Balaban J connectivity index is 1.28. The van der Waals surface area contributed by atoms with Crippen molar-refractivity contribution < 1.29 is 0 Å². The van der Waals surface area contributed by atoms with E-state index < -0.39 is 0 Å². The Morgan fingerprint density at radius 3 is 1.93 bits per heavy atom. The molecule has 6 aromatic carbocycles. The fourth-order valence-corrected chi connectivity index (χ4v) is 6.05. The molecule has 4 nitrogen and oxygen atoms in total. The fraction of sp³-hybridized carbons (Fsp3) is 0.0238. The molecule has 4 heteroatoms. The van der Waals surface area contributed by atoms with Crippen molar-refractivity contribution in [3.8, 4) is 33.5 Å². The number of benzene rings is 6. The Kier molecular flexibility index (Phi) is 7.21. The van der Waals surface area contributed by atoms with Crippen molar-refractivity contribution in [3.63, 3.8) is 0 Å². The summed E-state index contributed by atoms with van der Waals surface area (Å²) < 4.78 is 0. The molecule has 1 unspecified atom stereocenters. The van der Waals surface area contributed by atoms with Gasteiger partial charge in [0, 0.05) is 22.9 Å². The van der Waals surface area contributed by atoms with Gasteiger partial charge in [-0.1, -0.05) is 133 Å². The average Bonchev–Trinajstić information content (AvgIpc) is 3.15. The molecule has 0 saturated carbocycles. The zero-order valence-electron chi connectivity index (χ0n) is 25.1. The average molecular weight is 591 g/mol. The summed E-state index contributed by atoms with van der Waals surface area (Å²) in [5.74, 6) is 1.51. The molecule has 7 aromatic rings. The van der Waals surface area contributed by atoms with Gasteiger partial charge in [0.15, 0.2) is 5.84 Å². The van der Waals surface area contributed by atoms with Crippen molar-refractivity contribution in [2.75, 3.05) is 0 Å². The Hall–Kier alpha value is -6.13. The third-order valence-electron chi connectivity index (χ3n) is 8.37. The molecule has 218 valence electrons. The minimum atomic E-state index is -0.343. The largest absolute Gasteiger partial charge is 0.344 e. The van der Waals surface area contributed by atoms with E-state index in [9.17, 15) is 0 Å². The number of hydrogen-bond acceptors (Lipinski definition) is 4. The summed E-state index contributed by atoms with van der Waals surface area (Å²) in [6.45, 7) is 0. The first-order chi connectivity index (χ1) is 22.8. The van der Waals surface area contributed by atoms with Crippen LogP contribution < -0.4 is 5.32 Å². The molecule has 0 bridgehead atoms. The lowest BCUT2D eigenvalue weighted by molar-refractivity contribution is 0.674. The van der Waals surface area contributed by atoms with E-state index in [1.54, 1.807) is 0 Å². The number of pyridine rings is 1. The maximum Gasteiger partial charge on any atom is 0.159 e. The molecule has 8 rings (SSSR count). The quantitative estimate of drug-likeness (QED) is 0.210. The van der Waals surface area contributed by atoms with Crippen LogP contribution in [-0.2, 0) is 0 Å². The highest BCUT2D eigenvalue weighted by atomic mass is 15.2. The molecule has 0 amide bonds. The predicted octanol–water partition coefficient (Wildman–Crippen LogP) is 9.73. The Labute approximate surface area is 268 Å². The summed E-state index contributed by atoms with van der Waals surface area (Å²) in [4.78, 5) is 14.7. The number of hydrogen-bond donors (Lipinski definition) is 1. The third kappa shape index (κ3) is 5.49. The second kappa shape index (κ2) is 12.1. The van der Waals surface area contributed by atoms with Gasteiger partial charge in [-0.15, -0.1) is 0 Å². The molecule has 0 fully saturated rings. The number of fused-ring (bicyclic) bond motifs is 1. The van der Waals surface area contributed by atoms with Gasteiger partial charge >= 0.3 is 0 Å². The van der Waals surface area contributed by atoms with Gasteiger partial charge < -0.3 is 5.32 Å². The van der Waals surface area contributed by atoms with Gasteiger partial charge in [0.25, 0.3) is 0 Å². The summed E-state index contributed by atoms with van der Waals surface area (Å²) in [6.07, 6.45) is 1.49. The normalized spacial score (nSPS) is 14.3. The smallest absolute Gasteiger partial charge is 0.159 e. The molecule has 1 atom stereocenters. The Morgan fingerprint density at radius 1 is 0.478 bits per heavy atom. The van der Waals surface area contributed by atoms with Crippen LogP contribution in [0.4, 0.5) is 0 Å². The SMILES string of the molecule is c1ccc(C2=NC(c3cc(-c4ccc(-c5ccccn5)cc4)cc(-c4cccc5ccccc45)c3)NC(c3ccccc3)=N2)cc1. The number of nitrogens with zero attached hydrogens (tertiary/aromatic N) is 3. The highest BCUT2D eigenvalue weighted by Crippen LogP contribution is 2.36. The predicted molar refractivity (Wildman–Crippen MR) is 190 cm³/mol. The van der Waals surface area contributed by atoms with E-state index in [4.69, 9.17) is 9.98 Å². The van der Waals surface area contributed by atoms with Crippen LogP contribution in [0.25, 0.3) is 44.3 Å². The Bertz CT molecular complexity index is 2200. The van der Waals surface area contributed by atoms with Gasteiger partial charge in [0.05, 0.1) is 5.69 Å². The molecule has 46 heavy (non-hydrogen) atoms. The molecule has 2 heterocycles. The number of amidine groups is 2. The van der Waals surface area contributed by atoms with E-state index in [0.717, 1.165) is 50.5 Å². The van der Waals surface area contributed by atoms with E-state index in [2.05, 4.69) is 119 Å². The van der Waals surface area contributed by atoms with Crippen LogP contribution in [0.15, 0.2) is 180 Å². The van der Waals surface area contributed by atoms with Gasteiger partial charge in [-0.3, -0.25) is 4.98 Å². The summed E-state index contributed by atoms with van der Waals surface area (Å²) in [6, 6.07) is 57.0. The monoisotopic (exact) mass is 590 g/mol. The molecule has 0 radical (unpaired) electrons. The molecule has 1 aliphatic rings. The van der Waals surface area contributed by atoms with E-state index in [0.29, 0.717) is 5.84 Å². The van der Waals surface area contributed by atoms with Gasteiger partial charge in [0.1, 0.15) is 12.0 Å². The van der Waals surface area contributed by atoms with Crippen molar-refractivity contribution in [1.82, 2.24) is 10.3 Å². The summed E-state index contributed by atoms with van der Waals surface area (Å²) in [5, 5.41) is 6.10. The van der Waals surface area contributed by atoms with E-state index >= 15 is 0 Å². The lowest BCUT2D eigenvalue weighted by Crippen LogP contribution is -2.33. The van der Waals surface area contributed by atoms with E-state index in [-0.39, 0.29) is 6.17 Å². The summed E-state index contributed by atoms with van der Waals surface area (Å²) in [5.41, 5.74) is 9.69. The molecular formula is C42H30N4. The van der Waals surface area contributed by atoms with Gasteiger partial charge in [-0.05, 0) is 68.9 Å². The number of nitrogens with one attached hydrogen (secondary N) is 1. The number of rotatable bonds is 6. The zero-order valence-corrected chi connectivity index (χ0v) is 25.1. The fourth-order valence-electron chi connectivity index (χ4n) is 6.05. The number of aromatic nitrogens is 1. The lowest BCUT2D eigenvalue weighted by Gasteiger charge is -2.25. The van der Waals surface area contributed by atoms with E-state index in [1.165, 1.54) is 16.3 Å². The first-order valence-corrected chi connectivity index (χ1v) is 15.5. The first kappa shape index (κ1) is 27.4. The summed E-state index contributed by atoms with van der Waals surface area (Å²) >= 11 is 0. The van der Waals surface area contributed by atoms with Crippen LogP contribution in [0, 0.1) is 0 Å². The summed E-state index contributed by atoms with van der Waals surface area (Å²) in [7, 11) is 0. The van der Waals surface area contributed by atoms with Crippen molar-refractivity contribution in [1.29, 1.82) is 0 Å². The third-order valence-corrected chi connectivity index (χ3v) is 8.37. The molecule has 0 aliphatic carbocycles.